The van der Waals surface area contributed by atoms with Crippen LogP contribution in [-0.2, 0) is 18.3 Å². The number of nitrogens with zero attached hydrogens (tertiary/aromatic N) is 2. The average Bonchev–Trinajstić information content (AvgIpc) is 2.65. The number of carbonyl (C=O) groups excluding carboxylic acids is 1. The highest BCUT2D eigenvalue weighted by Gasteiger charge is 2.07. The number of aryl methyl sites for hydroxylation is 2. The summed E-state index contributed by atoms with van der Waals surface area (Å²) in [5.74, 6) is 1.07. The molecular weight excluding hydrogens is 238 g/mol. The fourth-order valence-corrected chi connectivity index (χ4v) is 2.13. The first kappa shape index (κ1) is 13.6. The SMILES string of the molecule is CCCCNC(=O)Cc1ccc2c(c1)nc(C)n2C. The van der Waals surface area contributed by atoms with Gasteiger partial charge >= 0.3 is 0 Å². The van der Waals surface area contributed by atoms with Crippen molar-refractivity contribution in [2.24, 2.45) is 7.05 Å². The number of rotatable bonds is 5. The van der Waals surface area contributed by atoms with Crippen LogP contribution in [0.2, 0.25) is 0 Å². The monoisotopic (exact) mass is 259 g/mol. The van der Waals surface area contributed by atoms with Crippen molar-refractivity contribution in [1.29, 1.82) is 0 Å². The molecule has 0 atom stereocenters. The second-order valence-electron chi connectivity index (χ2n) is 4.92. The van der Waals surface area contributed by atoms with Gasteiger partial charge in [-0.1, -0.05) is 19.4 Å². The van der Waals surface area contributed by atoms with Crippen LogP contribution < -0.4 is 5.32 Å². The van der Waals surface area contributed by atoms with Crippen molar-refractivity contribution in [2.75, 3.05) is 6.54 Å². The number of hydrogen-bond donors (Lipinski definition) is 1. The Morgan fingerprint density at radius 1 is 1.42 bits per heavy atom. The van der Waals surface area contributed by atoms with Crippen LogP contribution >= 0.6 is 0 Å². The van der Waals surface area contributed by atoms with Gasteiger partial charge in [-0.3, -0.25) is 4.79 Å². The van der Waals surface area contributed by atoms with Crippen molar-refractivity contribution in [3.05, 3.63) is 29.6 Å². The van der Waals surface area contributed by atoms with E-state index in [-0.39, 0.29) is 5.91 Å². The molecule has 1 aromatic carbocycles. The van der Waals surface area contributed by atoms with Gasteiger partial charge in [0.25, 0.3) is 0 Å². The summed E-state index contributed by atoms with van der Waals surface area (Å²) in [7, 11) is 2.00. The molecule has 4 nitrogen and oxygen atoms in total. The first-order valence-electron chi connectivity index (χ1n) is 6.80. The summed E-state index contributed by atoms with van der Waals surface area (Å²) >= 11 is 0. The fraction of sp³-hybridized carbons (Fsp3) is 0.467. The highest BCUT2D eigenvalue weighted by Crippen LogP contribution is 2.16. The average molecular weight is 259 g/mol. The maximum Gasteiger partial charge on any atom is 0.224 e. The van der Waals surface area contributed by atoms with E-state index in [2.05, 4.69) is 21.8 Å². The van der Waals surface area contributed by atoms with Gasteiger partial charge in [0, 0.05) is 13.6 Å². The lowest BCUT2D eigenvalue weighted by Crippen LogP contribution is -2.25. The van der Waals surface area contributed by atoms with E-state index in [1.54, 1.807) is 0 Å². The van der Waals surface area contributed by atoms with Gasteiger partial charge in [-0.25, -0.2) is 4.98 Å². The van der Waals surface area contributed by atoms with Gasteiger partial charge in [0.05, 0.1) is 17.5 Å². The molecule has 102 valence electrons. The second kappa shape index (κ2) is 5.87. The number of imidazole rings is 1. The molecular formula is C15H21N3O. The molecule has 0 aliphatic heterocycles. The van der Waals surface area contributed by atoms with Gasteiger partial charge in [0.15, 0.2) is 0 Å². The molecule has 0 aliphatic carbocycles. The zero-order chi connectivity index (χ0) is 13.8. The Morgan fingerprint density at radius 2 is 2.21 bits per heavy atom. The quantitative estimate of drug-likeness (QED) is 0.838. The zero-order valence-corrected chi connectivity index (χ0v) is 11.9. The normalized spacial score (nSPS) is 10.9. The molecule has 19 heavy (non-hydrogen) atoms. The minimum absolute atomic E-state index is 0.0838. The van der Waals surface area contributed by atoms with Crippen LogP contribution in [0.3, 0.4) is 0 Å². The first-order chi connectivity index (χ1) is 9.11. The third-order valence-electron chi connectivity index (χ3n) is 3.39. The van der Waals surface area contributed by atoms with Crippen molar-refractivity contribution in [3.63, 3.8) is 0 Å². The van der Waals surface area contributed by atoms with Crippen molar-refractivity contribution >= 4 is 16.9 Å². The van der Waals surface area contributed by atoms with Crippen LogP contribution in [0.5, 0.6) is 0 Å². The van der Waals surface area contributed by atoms with Gasteiger partial charge in [-0.2, -0.15) is 0 Å². The summed E-state index contributed by atoms with van der Waals surface area (Å²) in [6, 6.07) is 6.04. The maximum absolute atomic E-state index is 11.8. The summed E-state index contributed by atoms with van der Waals surface area (Å²) in [5.41, 5.74) is 3.08. The summed E-state index contributed by atoms with van der Waals surface area (Å²) in [6.07, 6.45) is 2.55. The summed E-state index contributed by atoms with van der Waals surface area (Å²) in [4.78, 5) is 16.2. The Morgan fingerprint density at radius 3 is 2.95 bits per heavy atom. The molecule has 2 rings (SSSR count). The smallest absolute Gasteiger partial charge is 0.224 e. The molecule has 1 amide bonds. The molecule has 0 bridgehead atoms. The van der Waals surface area contributed by atoms with E-state index < -0.39 is 0 Å². The highest BCUT2D eigenvalue weighted by molar-refractivity contribution is 5.82. The number of amides is 1. The van der Waals surface area contributed by atoms with Crippen LogP contribution in [0.4, 0.5) is 0 Å². The van der Waals surface area contributed by atoms with Crippen molar-refractivity contribution in [1.82, 2.24) is 14.9 Å². The number of aromatic nitrogens is 2. The van der Waals surface area contributed by atoms with Gasteiger partial charge in [-0.15, -0.1) is 0 Å². The molecule has 0 fully saturated rings. The minimum atomic E-state index is 0.0838. The summed E-state index contributed by atoms with van der Waals surface area (Å²) in [5, 5.41) is 2.93. The molecule has 1 N–H and O–H groups in total. The number of nitrogens with one attached hydrogen (secondary N) is 1. The minimum Gasteiger partial charge on any atom is -0.356 e. The molecule has 0 radical (unpaired) electrons. The van der Waals surface area contributed by atoms with E-state index in [0.717, 1.165) is 41.8 Å². The van der Waals surface area contributed by atoms with Gasteiger partial charge < -0.3 is 9.88 Å². The Labute approximate surface area is 113 Å². The summed E-state index contributed by atoms with van der Waals surface area (Å²) < 4.78 is 2.06. The van der Waals surface area contributed by atoms with Crippen molar-refractivity contribution in [3.8, 4) is 0 Å². The predicted molar refractivity (Wildman–Crippen MR) is 77.1 cm³/mol. The topological polar surface area (TPSA) is 46.9 Å². The van der Waals surface area contributed by atoms with Crippen LogP contribution in [0.25, 0.3) is 11.0 Å². The lowest BCUT2D eigenvalue weighted by atomic mass is 10.1. The van der Waals surface area contributed by atoms with E-state index in [4.69, 9.17) is 0 Å². The molecule has 1 heterocycles. The zero-order valence-electron chi connectivity index (χ0n) is 11.9. The van der Waals surface area contributed by atoms with Gasteiger partial charge in [0.1, 0.15) is 5.82 Å². The molecule has 0 saturated carbocycles. The summed E-state index contributed by atoms with van der Waals surface area (Å²) in [6.45, 7) is 4.86. The first-order valence-corrected chi connectivity index (χ1v) is 6.80. The second-order valence-corrected chi connectivity index (χ2v) is 4.92. The number of hydrogen-bond acceptors (Lipinski definition) is 2. The molecule has 0 unspecified atom stereocenters. The van der Waals surface area contributed by atoms with Crippen LogP contribution in [-0.4, -0.2) is 22.0 Å². The largest absolute Gasteiger partial charge is 0.356 e. The van der Waals surface area contributed by atoms with E-state index >= 15 is 0 Å². The predicted octanol–water partition coefficient (Wildman–Crippen LogP) is 2.34. The number of carbonyl (C=O) groups is 1. The van der Waals surface area contributed by atoms with Crippen LogP contribution in [0, 0.1) is 6.92 Å². The standard InChI is InChI=1S/C15H21N3O/c1-4-5-8-16-15(19)10-12-6-7-14-13(9-12)17-11(2)18(14)3/h6-7,9H,4-5,8,10H2,1-3H3,(H,16,19). The Hall–Kier alpha value is -1.84. The van der Waals surface area contributed by atoms with E-state index in [0.29, 0.717) is 6.42 Å². The number of benzene rings is 1. The lowest BCUT2D eigenvalue weighted by Gasteiger charge is -2.04. The number of fused-ring (bicyclic) bond motifs is 1. The third kappa shape index (κ3) is 3.13. The molecule has 0 spiro atoms. The maximum atomic E-state index is 11.8. The van der Waals surface area contributed by atoms with E-state index in [1.807, 2.05) is 32.2 Å². The Bertz CT molecular complexity index is 586. The van der Waals surface area contributed by atoms with Crippen LogP contribution in [0.1, 0.15) is 31.2 Å². The fourth-order valence-electron chi connectivity index (χ4n) is 2.13. The lowest BCUT2D eigenvalue weighted by molar-refractivity contribution is -0.120. The van der Waals surface area contributed by atoms with Gasteiger partial charge in [-0.05, 0) is 31.0 Å². The molecule has 4 heteroatoms. The van der Waals surface area contributed by atoms with Crippen molar-refractivity contribution in [2.45, 2.75) is 33.1 Å². The van der Waals surface area contributed by atoms with E-state index in [1.165, 1.54) is 0 Å². The van der Waals surface area contributed by atoms with Crippen LogP contribution in [0.15, 0.2) is 18.2 Å². The molecule has 0 aliphatic rings. The highest BCUT2D eigenvalue weighted by atomic mass is 16.1. The van der Waals surface area contributed by atoms with E-state index in [9.17, 15) is 4.79 Å². The van der Waals surface area contributed by atoms with Gasteiger partial charge in [0.2, 0.25) is 5.91 Å². The number of unbranched alkanes of at least 4 members (excludes halogenated alkanes) is 1. The Kier molecular flexibility index (Phi) is 4.20. The third-order valence-corrected chi connectivity index (χ3v) is 3.39. The molecule has 2 aromatic rings. The molecule has 0 saturated heterocycles. The molecule has 1 aromatic heterocycles. The Balaban J connectivity index is 2.07. The van der Waals surface area contributed by atoms with Crippen molar-refractivity contribution < 1.29 is 4.79 Å².